The van der Waals surface area contributed by atoms with E-state index >= 15 is 0 Å². The fraction of sp³-hybridized carbons (Fsp3) is 0.485. The van der Waals surface area contributed by atoms with Crippen LogP contribution in [0.5, 0.6) is 17.2 Å². The average molecular weight is 561 g/mol. The maximum absolute atomic E-state index is 14.5. The Bertz CT molecular complexity index is 1530. The van der Waals surface area contributed by atoms with E-state index < -0.39 is 28.3 Å². The quantitative estimate of drug-likeness (QED) is 0.274. The molecule has 1 aromatic carbocycles. The lowest BCUT2D eigenvalue weighted by molar-refractivity contribution is -0.171. The van der Waals surface area contributed by atoms with Crippen molar-refractivity contribution < 1.29 is 38.4 Å². The smallest absolute Gasteiger partial charge is 0.298 e. The Balaban J connectivity index is 1.64. The first-order chi connectivity index (χ1) is 19.2. The molecule has 8 nitrogen and oxygen atoms in total. The summed E-state index contributed by atoms with van der Waals surface area (Å²) < 4.78 is 25.2. The lowest BCUT2D eigenvalue weighted by Gasteiger charge is -2.56. The molecule has 6 aliphatic rings. The van der Waals surface area contributed by atoms with E-state index in [4.69, 9.17) is 18.9 Å². The zero-order chi connectivity index (χ0) is 29.7. The number of Topliss-reactive ketones (excluding diaryl/α,β-unsaturated/α-hetero) is 2. The molecule has 8 heteroatoms. The highest BCUT2D eigenvalue weighted by Crippen LogP contribution is 2.68. The van der Waals surface area contributed by atoms with Crippen LogP contribution < -0.4 is 9.47 Å². The Morgan fingerprint density at radius 3 is 2.51 bits per heavy atom. The van der Waals surface area contributed by atoms with Crippen LogP contribution in [0.25, 0.3) is 6.08 Å². The molecule has 1 N–H and O–H groups in total. The summed E-state index contributed by atoms with van der Waals surface area (Å²) in [7, 11) is 0. The van der Waals surface area contributed by atoms with Gasteiger partial charge >= 0.3 is 0 Å². The van der Waals surface area contributed by atoms with E-state index in [9.17, 15) is 19.5 Å². The maximum Gasteiger partial charge on any atom is 0.298 e. The largest absolute Gasteiger partial charge is 0.506 e. The highest BCUT2D eigenvalue weighted by Gasteiger charge is 2.81. The first-order valence-electron chi connectivity index (χ1n) is 14.1. The van der Waals surface area contributed by atoms with Crippen LogP contribution in [0.1, 0.15) is 82.8 Å². The molecule has 4 atom stereocenters. The van der Waals surface area contributed by atoms with Crippen molar-refractivity contribution in [2.45, 2.75) is 90.1 Å². The predicted octanol–water partition coefficient (Wildman–Crippen LogP) is 5.56. The highest BCUT2D eigenvalue weighted by molar-refractivity contribution is 6.19. The van der Waals surface area contributed by atoms with Crippen molar-refractivity contribution in [2.75, 3.05) is 0 Å². The highest BCUT2D eigenvalue weighted by atomic mass is 16.6. The predicted molar refractivity (Wildman–Crippen MR) is 151 cm³/mol. The maximum atomic E-state index is 14.5. The molecule has 1 spiro atoms. The number of allylic oxidation sites excluding steroid dienone is 4. The number of aromatic hydroxyl groups is 1. The fourth-order valence-corrected chi connectivity index (χ4v) is 7.47. The molecule has 7 rings (SSSR count). The zero-order valence-corrected chi connectivity index (χ0v) is 24.5. The van der Waals surface area contributed by atoms with Gasteiger partial charge in [0.25, 0.3) is 6.47 Å². The Labute approximate surface area is 239 Å². The molecule has 3 aliphatic carbocycles. The summed E-state index contributed by atoms with van der Waals surface area (Å²) in [4.78, 5) is 39.7. The molecule has 0 radical (unpaired) electrons. The van der Waals surface area contributed by atoms with Gasteiger partial charge in [-0.05, 0) is 79.5 Å². The van der Waals surface area contributed by atoms with Crippen LogP contribution in [0.2, 0.25) is 0 Å². The number of phenols is 1. The number of hydrogen-bond acceptors (Lipinski definition) is 8. The Morgan fingerprint density at radius 1 is 1.10 bits per heavy atom. The van der Waals surface area contributed by atoms with Crippen LogP contribution in [-0.2, 0) is 25.5 Å². The van der Waals surface area contributed by atoms with E-state index in [1.54, 1.807) is 25.2 Å². The van der Waals surface area contributed by atoms with Crippen molar-refractivity contribution >= 4 is 24.1 Å². The Morgan fingerprint density at radius 2 is 1.83 bits per heavy atom. The van der Waals surface area contributed by atoms with Gasteiger partial charge in [0, 0.05) is 29.4 Å². The summed E-state index contributed by atoms with van der Waals surface area (Å²) in [6, 6.07) is 0. The molecule has 1 saturated carbocycles. The van der Waals surface area contributed by atoms with Crippen molar-refractivity contribution in [1.82, 2.24) is 0 Å². The number of phenolic OH excluding ortho intramolecular Hbond substituents is 1. The summed E-state index contributed by atoms with van der Waals surface area (Å²) >= 11 is 0. The number of benzene rings is 1. The number of fused-ring (bicyclic) bond motifs is 2. The second kappa shape index (κ2) is 8.68. The Kier molecular flexibility index (Phi) is 5.82. The van der Waals surface area contributed by atoms with Crippen LogP contribution in [0.3, 0.4) is 0 Å². The van der Waals surface area contributed by atoms with Crippen molar-refractivity contribution in [1.29, 1.82) is 0 Å². The number of ether oxygens (including phenoxy) is 4. The molecule has 41 heavy (non-hydrogen) atoms. The van der Waals surface area contributed by atoms with E-state index in [2.05, 4.69) is 0 Å². The van der Waals surface area contributed by atoms with Gasteiger partial charge in [-0.15, -0.1) is 0 Å². The summed E-state index contributed by atoms with van der Waals surface area (Å²) in [5, 5.41) is 11.6. The Hall–Kier alpha value is -3.65. The SMILES string of the molecule is CC(C)=CCc1c2c(c(O)c3c1O[C@]14C(=CC5CC1C(C)(C)O[C@@]4(C/C=C(/C)OC=O)C5=O)C3=O)C=CC(C)(C)O2. The van der Waals surface area contributed by atoms with Gasteiger partial charge in [0.1, 0.15) is 34.2 Å². The fourth-order valence-electron chi connectivity index (χ4n) is 7.47. The molecule has 2 fully saturated rings. The van der Waals surface area contributed by atoms with E-state index in [1.165, 1.54) is 0 Å². The molecule has 2 unspecified atom stereocenters. The molecular formula is C33H36O8. The van der Waals surface area contributed by atoms with Crippen LogP contribution in [-0.4, -0.2) is 45.5 Å². The lowest BCUT2D eigenvalue weighted by Crippen LogP contribution is -2.72. The number of hydrogen-bond donors (Lipinski definition) is 1. The van der Waals surface area contributed by atoms with E-state index in [-0.39, 0.29) is 41.0 Å². The molecule has 1 aromatic rings. The number of ketones is 2. The van der Waals surface area contributed by atoms with Gasteiger partial charge in [0.15, 0.2) is 22.8 Å². The van der Waals surface area contributed by atoms with Gasteiger partial charge in [-0.25, -0.2) is 0 Å². The van der Waals surface area contributed by atoms with Crippen LogP contribution in [0, 0.1) is 11.8 Å². The molecule has 0 aromatic heterocycles. The third kappa shape index (κ3) is 3.59. The molecular weight excluding hydrogens is 524 g/mol. The zero-order valence-electron chi connectivity index (χ0n) is 24.5. The minimum atomic E-state index is -1.53. The van der Waals surface area contributed by atoms with Crippen molar-refractivity contribution in [3.05, 3.63) is 57.9 Å². The summed E-state index contributed by atoms with van der Waals surface area (Å²) in [6.45, 7) is 13.6. The first kappa shape index (κ1) is 27.5. The third-order valence-corrected chi connectivity index (χ3v) is 9.25. The molecule has 0 amide bonds. The lowest BCUT2D eigenvalue weighted by atomic mass is 9.51. The molecule has 3 heterocycles. The second-order valence-electron chi connectivity index (χ2n) is 13.1. The molecule has 4 bridgehead atoms. The average Bonchev–Trinajstić information content (AvgIpc) is 3.04. The van der Waals surface area contributed by atoms with Crippen LogP contribution >= 0.6 is 0 Å². The third-order valence-electron chi connectivity index (χ3n) is 9.25. The van der Waals surface area contributed by atoms with Crippen molar-refractivity contribution in [2.24, 2.45) is 11.8 Å². The topological polar surface area (TPSA) is 108 Å². The standard InChI is InChI=1S/C33H36O8/c1-17(2)8-9-21-27-20(11-12-30(4,5)39-27)25(35)24-26(36)22-14-19-15-23-31(6,7)41-32(29(19)37,13-10-18(3)38-16-34)33(22,23)40-28(21)24/h8,10-12,14,16,19,23,35H,9,13,15H2,1-7H3/b18-10-/t19?,23?,32-,33+/m0/s1. The van der Waals surface area contributed by atoms with E-state index in [0.717, 1.165) is 5.57 Å². The summed E-state index contributed by atoms with van der Waals surface area (Å²) in [5.74, 6) is -0.617. The van der Waals surface area contributed by atoms with Gasteiger partial charge in [-0.2, -0.15) is 0 Å². The van der Waals surface area contributed by atoms with Gasteiger partial charge in [0.2, 0.25) is 0 Å². The van der Waals surface area contributed by atoms with E-state index in [1.807, 2.05) is 53.7 Å². The minimum absolute atomic E-state index is 0.0500. The van der Waals surface area contributed by atoms with Gasteiger partial charge in [-0.3, -0.25) is 14.4 Å². The molecule has 3 aliphatic heterocycles. The van der Waals surface area contributed by atoms with Crippen LogP contribution in [0.4, 0.5) is 0 Å². The number of carbonyl (C=O) groups is 3. The second-order valence-corrected chi connectivity index (χ2v) is 13.1. The van der Waals surface area contributed by atoms with Gasteiger partial charge < -0.3 is 24.1 Å². The summed E-state index contributed by atoms with van der Waals surface area (Å²) in [5.41, 5.74) is -1.89. The monoisotopic (exact) mass is 560 g/mol. The molecule has 216 valence electrons. The number of rotatable bonds is 6. The first-order valence-corrected chi connectivity index (χ1v) is 14.1. The van der Waals surface area contributed by atoms with Crippen molar-refractivity contribution in [3.8, 4) is 17.2 Å². The van der Waals surface area contributed by atoms with Gasteiger partial charge in [-0.1, -0.05) is 17.7 Å². The number of carbonyl (C=O) groups excluding carboxylic acids is 3. The van der Waals surface area contributed by atoms with Crippen molar-refractivity contribution in [3.63, 3.8) is 0 Å². The minimum Gasteiger partial charge on any atom is -0.506 e. The normalized spacial score (nSPS) is 31.3. The van der Waals surface area contributed by atoms with Crippen LogP contribution in [0.15, 0.2) is 41.2 Å². The van der Waals surface area contributed by atoms with Gasteiger partial charge in [0.05, 0.1) is 11.2 Å². The van der Waals surface area contributed by atoms with E-state index in [0.29, 0.717) is 47.5 Å². The summed E-state index contributed by atoms with van der Waals surface area (Å²) in [6.07, 6.45) is 9.94. The molecule has 1 saturated heterocycles.